The smallest absolute Gasteiger partial charge is 0.345 e. The van der Waals surface area contributed by atoms with Crippen molar-refractivity contribution in [2.75, 3.05) is 6.26 Å². The minimum atomic E-state index is -3.38. The summed E-state index contributed by atoms with van der Waals surface area (Å²) in [5.41, 5.74) is 1.74. The third-order valence-corrected chi connectivity index (χ3v) is 6.11. The molecule has 0 fully saturated rings. The maximum absolute atomic E-state index is 12.1. The topological polar surface area (TPSA) is 121 Å². The van der Waals surface area contributed by atoms with Gasteiger partial charge in [-0.1, -0.05) is 42.5 Å². The van der Waals surface area contributed by atoms with Gasteiger partial charge in [-0.2, -0.15) is 4.31 Å². The zero-order chi connectivity index (χ0) is 20.0. The second-order valence-electron chi connectivity index (χ2n) is 5.80. The Balaban J connectivity index is 0.00000126. The van der Waals surface area contributed by atoms with E-state index < -0.39 is 16.0 Å². The number of benzene rings is 2. The minimum Gasteiger partial charge on any atom is -0.477 e. The number of carboxylic acids is 1. The first-order valence-corrected chi connectivity index (χ1v) is 10.5. The van der Waals surface area contributed by atoms with Crippen molar-refractivity contribution in [3.05, 3.63) is 70.6 Å². The van der Waals surface area contributed by atoms with E-state index in [1.807, 2.05) is 48.5 Å². The molecule has 0 saturated carbocycles. The van der Waals surface area contributed by atoms with E-state index in [9.17, 15) is 13.2 Å². The fourth-order valence-corrected chi connectivity index (χ4v) is 4.29. The molecule has 144 valence electrons. The maximum Gasteiger partial charge on any atom is 0.345 e. The molecule has 0 amide bonds. The van der Waals surface area contributed by atoms with E-state index in [4.69, 9.17) is 10.3 Å². The van der Waals surface area contributed by atoms with Crippen molar-refractivity contribution >= 4 is 37.4 Å². The van der Waals surface area contributed by atoms with Crippen LogP contribution in [0.5, 0.6) is 0 Å². The molecule has 3 rings (SSSR count). The van der Waals surface area contributed by atoms with Crippen LogP contribution in [0.2, 0.25) is 0 Å². The Bertz CT molecular complexity index is 1020. The van der Waals surface area contributed by atoms with Gasteiger partial charge in [0.25, 0.3) is 0 Å². The largest absolute Gasteiger partial charge is 0.477 e. The molecule has 9 heteroatoms. The van der Waals surface area contributed by atoms with Crippen LogP contribution in [-0.2, 0) is 23.1 Å². The summed E-state index contributed by atoms with van der Waals surface area (Å²) >= 11 is 1.19. The molecule has 7 nitrogen and oxygen atoms in total. The number of sulfonamides is 1. The number of hydrogen-bond acceptors (Lipinski definition) is 6. The monoisotopic (exact) mass is 408 g/mol. The number of carbonyl (C=O) groups is 1. The Morgan fingerprint density at radius 1 is 1.04 bits per heavy atom. The molecule has 4 N–H and O–H groups in total. The van der Waals surface area contributed by atoms with Crippen LogP contribution < -0.4 is 5.90 Å². The molecule has 0 bridgehead atoms. The van der Waals surface area contributed by atoms with Gasteiger partial charge >= 0.3 is 5.97 Å². The fraction of sp³-hybridized carbons (Fsp3) is 0.167. The highest BCUT2D eigenvalue weighted by Gasteiger charge is 2.18. The van der Waals surface area contributed by atoms with Gasteiger partial charge in [0.15, 0.2) is 0 Å². The van der Waals surface area contributed by atoms with Gasteiger partial charge in [0.1, 0.15) is 4.88 Å². The van der Waals surface area contributed by atoms with Crippen LogP contribution in [0.3, 0.4) is 0 Å². The zero-order valence-electron chi connectivity index (χ0n) is 14.6. The lowest BCUT2D eigenvalue weighted by Crippen LogP contribution is -2.29. The Labute approximate surface area is 161 Å². The second kappa shape index (κ2) is 9.07. The first-order valence-electron chi connectivity index (χ1n) is 7.83. The molecular weight excluding hydrogens is 388 g/mol. The molecule has 0 aliphatic rings. The van der Waals surface area contributed by atoms with E-state index >= 15 is 0 Å². The van der Waals surface area contributed by atoms with Crippen LogP contribution in [0, 0.1) is 0 Å². The van der Waals surface area contributed by atoms with Crippen LogP contribution >= 0.6 is 11.3 Å². The number of carboxylic acid groups (broad SMARTS) is 1. The van der Waals surface area contributed by atoms with E-state index in [-0.39, 0.29) is 11.4 Å². The maximum atomic E-state index is 12.1. The minimum absolute atomic E-state index is 0.240. The highest BCUT2D eigenvalue weighted by molar-refractivity contribution is 7.88. The quantitative estimate of drug-likeness (QED) is 0.539. The molecule has 0 unspecified atom stereocenters. The Morgan fingerprint density at radius 2 is 1.67 bits per heavy atom. The first-order chi connectivity index (χ1) is 12.8. The predicted octanol–water partition coefficient (Wildman–Crippen LogP) is 2.90. The summed E-state index contributed by atoms with van der Waals surface area (Å²) < 4.78 is 26.5. The Kier molecular flexibility index (Phi) is 7.05. The summed E-state index contributed by atoms with van der Waals surface area (Å²) in [6.45, 7) is 0.534. The summed E-state index contributed by atoms with van der Waals surface area (Å²) in [4.78, 5) is 11.4. The molecule has 0 aliphatic heterocycles. The van der Waals surface area contributed by atoms with Gasteiger partial charge in [-0.3, -0.25) is 0 Å². The van der Waals surface area contributed by atoms with Gasteiger partial charge in [0.05, 0.1) is 6.26 Å². The zero-order valence-corrected chi connectivity index (χ0v) is 16.2. The highest BCUT2D eigenvalue weighted by Crippen LogP contribution is 2.27. The molecule has 3 aromatic rings. The molecule has 0 aliphatic carbocycles. The molecule has 0 radical (unpaired) electrons. The average Bonchev–Trinajstić information content (AvgIpc) is 3.07. The normalized spacial score (nSPS) is 11.3. The molecule has 27 heavy (non-hydrogen) atoms. The van der Waals surface area contributed by atoms with Crippen LogP contribution in [0.1, 0.15) is 20.8 Å². The summed E-state index contributed by atoms with van der Waals surface area (Å²) in [5.74, 6) is 2.55. The number of fused-ring (bicyclic) bond motifs is 1. The van der Waals surface area contributed by atoms with Crippen LogP contribution in [0.15, 0.2) is 54.6 Å². The van der Waals surface area contributed by atoms with Crippen molar-refractivity contribution in [3.8, 4) is 0 Å². The van der Waals surface area contributed by atoms with E-state index in [0.717, 1.165) is 21.2 Å². The van der Waals surface area contributed by atoms with Crippen molar-refractivity contribution < 1.29 is 23.5 Å². The van der Waals surface area contributed by atoms with Crippen molar-refractivity contribution in [2.45, 2.75) is 13.1 Å². The third-order valence-electron chi connectivity index (χ3n) is 3.82. The number of thiophene rings is 1. The molecular formula is C18H20N2O5S2. The second-order valence-corrected chi connectivity index (χ2v) is 8.87. The number of aromatic carboxylic acids is 1. The predicted molar refractivity (Wildman–Crippen MR) is 105 cm³/mol. The molecule has 0 spiro atoms. The molecule has 0 saturated heterocycles. The summed E-state index contributed by atoms with van der Waals surface area (Å²) in [5, 5.41) is 16.4. The molecule has 0 atom stereocenters. The van der Waals surface area contributed by atoms with Gasteiger partial charge in [-0.25, -0.2) is 19.1 Å². The van der Waals surface area contributed by atoms with Gasteiger partial charge in [-0.05, 0) is 28.6 Å². The van der Waals surface area contributed by atoms with Crippen molar-refractivity contribution in [3.63, 3.8) is 0 Å². The van der Waals surface area contributed by atoms with Gasteiger partial charge < -0.3 is 10.3 Å². The molecule has 1 heterocycles. The lowest BCUT2D eigenvalue weighted by atomic mass is 10.1. The Hall–Kier alpha value is -2.30. The van der Waals surface area contributed by atoms with Crippen LogP contribution in [-0.4, -0.2) is 35.3 Å². The fourth-order valence-electron chi connectivity index (χ4n) is 2.56. The van der Waals surface area contributed by atoms with Crippen molar-refractivity contribution in [1.29, 1.82) is 0 Å². The summed E-state index contributed by atoms with van der Waals surface area (Å²) in [6, 6.07) is 16.6. The standard InChI is InChI=1S/C18H17NO4S2.H3NO/c1-25(22,23)19(11-13-5-3-2-4-6-13)12-14-7-8-15-10-17(18(20)21)24-16(15)9-14;1-2/h2-10H,11-12H2,1H3,(H,20,21);2H,1H2. The first kappa shape index (κ1) is 21.0. The van der Waals surface area contributed by atoms with E-state index in [1.165, 1.54) is 21.9 Å². The van der Waals surface area contributed by atoms with Gasteiger partial charge in [0.2, 0.25) is 10.0 Å². The molecule has 1 aromatic heterocycles. The van der Waals surface area contributed by atoms with Crippen LogP contribution in [0.4, 0.5) is 0 Å². The summed E-state index contributed by atoms with van der Waals surface area (Å²) in [7, 11) is -3.38. The van der Waals surface area contributed by atoms with Gasteiger partial charge in [-0.15, -0.1) is 11.3 Å². The lowest BCUT2D eigenvalue weighted by molar-refractivity contribution is 0.0702. The Morgan fingerprint density at radius 3 is 2.26 bits per heavy atom. The van der Waals surface area contributed by atoms with Gasteiger partial charge in [0, 0.05) is 17.8 Å². The van der Waals surface area contributed by atoms with Crippen LogP contribution in [0.25, 0.3) is 10.1 Å². The average molecular weight is 409 g/mol. The molecule has 2 aromatic carbocycles. The highest BCUT2D eigenvalue weighted by atomic mass is 32.2. The van der Waals surface area contributed by atoms with E-state index in [0.29, 0.717) is 6.54 Å². The lowest BCUT2D eigenvalue weighted by Gasteiger charge is -2.20. The van der Waals surface area contributed by atoms with Crippen molar-refractivity contribution in [2.24, 2.45) is 5.90 Å². The number of rotatable bonds is 6. The van der Waals surface area contributed by atoms with Crippen molar-refractivity contribution in [1.82, 2.24) is 4.31 Å². The summed E-state index contributed by atoms with van der Waals surface area (Å²) in [6.07, 6.45) is 1.20. The van der Waals surface area contributed by atoms with E-state index in [1.54, 1.807) is 6.07 Å². The number of nitrogens with two attached hydrogens (primary N) is 1. The SMILES string of the molecule is CS(=O)(=O)N(Cc1ccccc1)Cc1ccc2cc(C(=O)O)sc2c1.NO. The number of hydrogen-bond donors (Lipinski definition) is 3. The number of nitrogens with zero attached hydrogens (tertiary/aromatic N) is 1. The third kappa shape index (κ3) is 5.59. The van der Waals surface area contributed by atoms with E-state index in [2.05, 4.69) is 5.90 Å².